The zero-order chi connectivity index (χ0) is 10.9. The Bertz CT molecular complexity index is 330. The second kappa shape index (κ2) is 6.70. The highest BCUT2D eigenvalue weighted by Crippen LogP contribution is 2.10. The average Bonchev–Trinajstić information content (AvgIpc) is 2.30. The van der Waals surface area contributed by atoms with Crippen molar-refractivity contribution in [2.24, 2.45) is 5.11 Å². The first-order chi connectivity index (χ1) is 7.36. The molecule has 5 nitrogen and oxygen atoms in total. The van der Waals surface area contributed by atoms with Crippen LogP contribution >= 0.6 is 0 Å². The van der Waals surface area contributed by atoms with E-state index in [1.165, 1.54) is 5.56 Å². The first kappa shape index (κ1) is 11.4. The Hall–Kier alpha value is -1.71. The van der Waals surface area contributed by atoms with Crippen molar-refractivity contribution < 1.29 is 4.74 Å². The zero-order valence-electron chi connectivity index (χ0n) is 8.68. The SMILES string of the molecule is COc1ccc(CNCCN=[N+]=[N-])cc1. The van der Waals surface area contributed by atoms with Gasteiger partial charge in [-0.2, -0.15) is 0 Å². The van der Waals surface area contributed by atoms with E-state index in [0.29, 0.717) is 13.1 Å². The Labute approximate surface area is 88.7 Å². The van der Waals surface area contributed by atoms with Crippen LogP contribution in [0.25, 0.3) is 10.4 Å². The first-order valence-corrected chi connectivity index (χ1v) is 4.71. The largest absolute Gasteiger partial charge is 0.497 e. The van der Waals surface area contributed by atoms with Crippen LogP contribution < -0.4 is 10.1 Å². The molecule has 1 aromatic rings. The van der Waals surface area contributed by atoms with Gasteiger partial charge in [0.15, 0.2) is 0 Å². The van der Waals surface area contributed by atoms with E-state index in [4.69, 9.17) is 10.3 Å². The molecule has 0 fully saturated rings. The fraction of sp³-hybridized carbons (Fsp3) is 0.400. The summed E-state index contributed by atoms with van der Waals surface area (Å²) in [5, 5.41) is 6.60. The minimum atomic E-state index is 0.479. The molecule has 0 amide bonds. The number of methoxy groups -OCH3 is 1. The van der Waals surface area contributed by atoms with Crippen LogP contribution in [0.4, 0.5) is 0 Å². The molecule has 0 spiro atoms. The minimum absolute atomic E-state index is 0.479. The van der Waals surface area contributed by atoms with Crippen LogP contribution in [0.2, 0.25) is 0 Å². The number of nitrogens with one attached hydrogen (secondary N) is 1. The van der Waals surface area contributed by atoms with Crippen LogP contribution in [0, 0.1) is 0 Å². The topological polar surface area (TPSA) is 70.0 Å². The molecule has 0 radical (unpaired) electrons. The molecule has 0 atom stereocenters. The molecule has 0 aliphatic heterocycles. The lowest BCUT2D eigenvalue weighted by atomic mass is 10.2. The maximum atomic E-state index is 8.06. The van der Waals surface area contributed by atoms with Crippen molar-refractivity contribution in [2.45, 2.75) is 6.54 Å². The van der Waals surface area contributed by atoms with Crippen LogP contribution in [0.5, 0.6) is 5.75 Å². The maximum Gasteiger partial charge on any atom is 0.118 e. The lowest BCUT2D eigenvalue weighted by Crippen LogP contribution is -2.16. The molecule has 0 aliphatic carbocycles. The van der Waals surface area contributed by atoms with E-state index in [1.807, 2.05) is 24.3 Å². The molecule has 0 saturated heterocycles. The molecular weight excluding hydrogens is 192 g/mol. The Morgan fingerprint density at radius 3 is 2.73 bits per heavy atom. The lowest BCUT2D eigenvalue weighted by Gasteiger charge is -2.04. The third-order valence-corrected chi connectivity index (χ3v) is 1.94. The number of azide groups is 1. The summed E-state index contributed by atoms with van der Waals surface area (Å²) in [6, 6.07) is 7.84. The summed E-state index contributed by atoms with van der Waals surface area (Å²) in [6.07, 6.45) is 0. The monoisotopic (exact) mass is 206 g/mol. The minimum Gasteiger partial charge on any atom is -0.497 e. The molecule has 15 heavy (non-hydrogen) atoms. The predicted molar refractivity (Wildman–Crippen MR) is 58.7 cm³/mol. The van der Waals surface area contributed by atoms with E-state index in [1.54, 1.807) is 7.11 Å². The number of hydrogen-bond donors (Lipinski definition) is 1. The van der Waals surface area contributed by atoms with Gasteiger partial charge in [0.25, 0.3) is 0 Å². The van der Waals surface area contributed by atoms with Gasteiger partial charge in [-0.05, 0) is 23.2 Å². The van der Waals surface area contributed by atoms with Gasteiger partial charge in [-0.3, -0.25) is 0 Å². The molecule has 0 saturated carbocycles. The van der Waals surface area contributed by atoms with Crippen molar-refractivity contribution in [3.05, 3.63) is 40.3 Å². The van der Waals surface area contributed by atoms with Crippen LogP contribution in [0.1, 0.15) is 5.56 Å². The van der Waals surface area contributed by atoms with Crippen molar-refractivity contribution >= 4 is 0 Å². The van der Waals surface area contributed by atoms with Gasteiger partial charge < -0.3 is 10.1 Å². The lowest BCUT2D eigenvalue weighted by molar-refractivity contribution is 0.414. The van der Waals surface area contributed by atoms with E-state index >= 15 is 0 Å². The van der Waals surface area contributed by atoms with Crippen LogP contribution in [0.15, 0.2) is 29.4 Å². The summed E-state index contributed by atoms with van der Waals surface area (Å²) in [5.41, 5.74) is 9.23. The molecule has 5 heteroatoms. The number of hydrogen-bond acceptors (Lipinski definition) is 3. The second-order valence-corrected chi connectivity index (χ2v) is 2.98. The van der Waals surface area contributed by atoms with Gasteiger partial charge >= 0.3 is 0 Å². The summed E-state index contributed by atoms with van der Waals surface area (Å²) in [7, 11) is 1.65. The zero-order valence-corrected chi connectivity index (χ0v) is 8.68. The summed E-state index contributed by atoms with van der Waals surface area (Å²) in [5.74, 6) is 0.854. The third kappa shape index (κ3) is 4.35. The fourth-order valence-corrected chi connectivity index (χ4v) is 1.15. The molecule has 0 unspecified atom stereocenters. The molecule has 1 rings (SSSR count). The quantitative estimate of drug-likeness (QED) is 0.335. The van der Waals surface area contributed by atoms with E-state index < -0.39 is 0 Å². The standard InChI is InChI=1S/C10H14N4O/c1-15-10-4-2-9(3-5-10)8-12-6-7-13-14-11/h2-5,12H,6-8H2,1H3. The molecule has 1 aromatic carbocycles. The van der Waals surface area contributed by atoms with E-state index in [0.717, 1.165) is 12.3 Å². The molecule has 0 heterocycles. The number of benzene rings is 1. The maximum absolute atomic E-state index is 8.06. The average molecular weight is 206 g/mol. The second-order valence-electron chi connectivity index (χ2n) is 2.98. The van der Waals surface area contributed by atoms with Gasteiger partial charge in [0, 0.05) is 24.5 Å². The van der Waals surface area contributed by atoms with Crippen LogP contribution in [-0.2, 0) is 6.54 Å². The van der Waals surface area contributed by atoms with Crippen molar-refractivity contribution in [3.63, 3.8) is 0 Å². The highest BCUT2D eigenvalue weighted by molar-refractivity contribution is 5.26. The van der Waals surface area contributed by atoms with E-state index in [2.05, 4.69) is 15.3 Å². The van der Waals surface area contributed by atoms with E-state index in [-0.39, 0.29) is 0 Å². The van der Waals surface area contributed by atoms with Crippen LogP contribution in [-0.4, -0.2) is 20.2 Å². The predicted octanol–water partition coefficient (Wildman–Crippen LogP) is 2.10. The Morgan fingerprint density at radius 1 is 1.40 bits per heavy atom. The smallest absolute Gasteiger partial charge is 0.118 e. The molecule has 80 valence electrons. The summed E-state index contributed by atoms with van der Waals surface area (Å²) in [6.45, 7) is 1.94. The highest BCUT2D eigenvalue weighted by atomic mass is 16.5. The van der Waals surface area contributed by atoms with E-state index in [9.17, 15) is 0 Å². The summed E-state index contributed by atoms with van der Waals surface area (Å²) >= 11 is 0. The van der Waals surface area contributed by atoms with Crippen molar-refractivity contribution in [3.8, 4) is 5.75 Å². The van der Waals surface area contributed by atoms with Crippen LogP contribution in [0.3, 0.4) is 0 Å². The Kier molecular flexibility index (Phi) is 5.08. The summed E-state index contributed by atoms with van der Waals surface area (Å²) < 4.78 is 5.05. The number of nitrogens with zero attached hydrogens (tertiary/aromatic N) is 3. The van der Waals surface area contributed by atoms with Gasteiger partial charge in [0.1, 0.15) is 5.75 Å². The van der Waals surface area contributed by atoms with Crippen molar-refractivity contribution in [1.82, 2.24) is 5.32 Å². The molecular formula is C10H14N4O. The van der Waals surface area contributed by atoms with Crippen molar-refractivity contribution in [2.75, 3.05) is 20.2 Å². The highest BCUT2D eigenvalue weighted by Gasteiger charge is 1.93. The fourth-order valence-electron chi connectivity index (χ4n) is 1.15. The Balaban J connectivity index is 2.28. The molecule has 1 N–H and O–H groups in total. The molecule has 0 bridgehead atoms. The third-order valence-electron chi connectivity index (χ3n) is 1.94. The van der Waals surface area contributed by atoms with Gasteiger partial charge in [0.05, 0.1) is 7.11 Å². The normalized spacial score (nSPS) is 9.40. The summed E-state index contributed by atoms with van der Waals surface area (Å²) in [4.78, 5) is 2.67. The number of ether oxygens (including phenoxy) is 1. The van der Waals surface area contributed by atoms with Gasteiger partial charge in [-0.15, -0.1) is 0 Å². The van der Waals surface area contributed by atoms with Gasteiger partial charge in [-0.25, -0.2) is 0 Å². The molecule has 0 aliphatic rings. The first-order valence-electron chi connectivity index (χ1n) is 4.71. The Morgan fingerprint density at radius 2 is 2.13 bits per heavy atom. The van der Waals surface area contributed by atoms with Gasteiger partial charge in [0.2, 0.25) is 0 Å². The molecule has 0 aromatic heterocycles. The van der Waals surface area contributed by atoms with Gasteiger partial charge in [-0.1, -0.05) is 17.2 Å². The van der Waals surface area contributed by atoms with Crippen molar-refractivity contribution in [1.29, 1.82) is 0 Å². The number of rotatable bonds is 6.